The number of hydrogen-bond acceptors (Lipinski definition) is 2. The lowest BCUT2D eigenvalue weighted by Gasteiger charge is -2.06. The molecule has 0 aliphatic rings. The fourth-order valence-corrected chi connectivity index (χ4v) is 2.30. The molecule has 2 aromatic carbocycles. The Hall–Kier alpha value is -1.80. The van der Waals surface area contributed by atoms with Crippen molar-refractivity contribution in [3.8, 4) is 10.8 Å². The van der Waals surface area contributed by atoms with Crippen LogP contribution in [0.1, 0.15) is 0 Å². The molecule has 0 N–H and O–H groups in total. The van der Waals surface area contributed by atoms with Crippen LogP contribution in [0.2, 0.25) is 0 Å². The summed E-state index contributed by atoms with van der Waals surface area (Å²) in [5.41, 5.74) is 0. The van der Waals surface area contributed by atoms with Gasteiger partial charge < -0.3 is 4.74 Å². The molecular weight excluding hydrogens is 216 g/mol. The zero-order valence-corrected chi connectivity index (χ0v) is 9.41. The van der Waals surface area contributed by atoms with Crippen LogP contribution in [0.25, 0.3) is 10.8 Å². The lowest BCUT2D eigenvalue weighted by Crippen LogP contribution is -1.82. The van der Waals surface area contributed by atoms with Crippen LogP contribution >= 0.6 is 11.3 Å². The second kappa shape index (κ2) is 3.99. The van der Waals surface area contributed by atoms with E-state index in [9.17, 15) is 0 Å². The van der Waals surface area contributed by atoms with Gasteiger partial charge in [-0.15, -0.1) is 11.3 Å². The number of rotatable bonds is 2. The van der Waals surface area contributed by atoms with Crippen LogP contribution in [0.15, 0.2) is 60.0 Å². The van der Waals surface area contributed by atoms with Crippen molar-refractivity contribution in [1.29, 1.82) is 0 Å². The van der Waals surface area contributed by atoms with E-state index in [1.165, 1.54) is 5.39 Å². The smallest absolute Gasteiger partial charge is 0.180 e. The Morgan fingerprint density at radius 1 is 0.812 bits per heavy atom. The Balaban J connectivity index is 2.10. The maximum absolute atomic E-state index is 5.85. The van der Waals surface area contributed by atoms with E-state index in [-0.39, 0.29) is 0 Å². The molecule has 0 radical (unpaired) electrons. The molecular formula is C14H10OS. The lowest BCUT2D eigenvalue weighted by molar-refractivity contribution is 0.502. The second-order valence-corrected chi connectivity index (χ2v) is 4.42. The van der Waals surface area contributed by atoms with Crippen molar-refractivity contribution >= 4 is 22.1 Å². The number of benzene rings is 2. The number of hydrogen-bond donors (Lipinski definition) is 0. The Morgan fingerprint density at radius 2 is 1.69 bits per heavy atom. The highest BCUT2D eigenvalue weighted by molar-refractivity contribution is 7.11. The van der Waals surface area contributed by atoms with Crippen molar-refractivity contribution in [2.75, 3.05) is 0 Å². The molecule has 3 aromatic rings. The summed E-state index contributed by atoms with van der Waals surface area (Å²) in [4.78, 5) is 0. The molecule has 0 unspecified atom stereocenters. The van der Waals surface area contributed by atoms with Gasteiger partial charge >= 0.3 is 0 Å². The Kier molecular flexibility index (Phi) is 2.35. The molecule has 3 rings (SSSR count). The fraction of sp³-hybridized carbons (Fsp3) is 0. The van der Waals surface area contributed by atoms with Gasteiger partial charge in [-0.1, -0.05) is 36.4 Å². The molecule has 0 aliphatic heterocycles. The third kappa shape index (κ3) is 1.68. The molecule has 1 nitrogen and oxygen atoms in total. The first-order valence-corrected chi connectivity index (χ1v) is 6.00. The van der Waals surface area contributed by atoms with E-state index >= 15 is 0 Å². The van der Waals surface area contributed by atoms with Gasteiger partial charge in [-0.25, -0.2) is 0 Å². The normalized spacial score (nSPS) is 10.5. The molecule has 0 saturated heterocycles. The molecule has 78 valence electrons. The average Bonchev–Trinajstić information content (AvgIpc) is 2.82. The molecule has 16 heavy (non-hydrogen) atoms. The molecule has 0 bridgehead atoms. The van der Waals surface area contributed by atoms with E-state index in [4.69, 9.17) is 4.74 Å². The van der Waals surface area contributed by atoms with Crippen molar-refractivity contribution in [3.05, 3.63) is 60.0 Å². The first kappa shape index (κ1) is 9.43. The van der Waals surface area contributed by atoms with Gasteiger partial charge in [0.1, 0.15) is 5.75 Å². The van der Waals surface area contributed by atoms with Gasteiger partial charge in [0.25, 0.3) is 0 Å². The van der Waals surface area contributed by atoms with E-state index in [2.05, 4.69) is 18.2 Å². The van der Waals surface area contributed by atoms with Gasteiger partial charge in [0.15, 0.2) is 5.06 Å². The van der Waals surface area contributed by atoms with Crippen LogP contribution in [0.4, 0.5) is 0 Å². The summed E-state index contributed by atoms with van der Waals surface area (Å²) in [7, 11) is 0. The quantitative estimate of drug-likeness (QED) is 0.615. The van der Waals surface area contributed by atoms with Crippen LogP contribution in [-0.4, -0.2) is 0 Å². The third-order valence-corrected chi connectivity index (χ3v) is 3.20. The monoisotopic (exact) mass is 226 g/mol. The van der Waals surface area contributed by atoms with Gasteiger partial charge in [0.05, 0.1) is 0 Å². The minimum absolute atomic E-state index is 0.917. The van der Waals surface area contributed by atoms with E-state index in [1.807, 2.05) is 41.8 Å². The van der Waals surface area contributed by atoms with Gasteiger partial charge in [-0.2, -0.15) is 0 Å². The van der Waals surface area contributed by atoms with E-state index in [1.54, 1.807) is 11.3 Å². The highest BCUT2D eigenvalue weighted by atomic mass is 32.1. The van der Waals surface area contributed by atoms with Crippen LogP contribution in [-0.2, 0) is 0 Å². The molecule has 1 aromatic heterocycles. The van der Waals surface area contributed by atoms with Gasteiger partial charge in [-0.3, -0.25) is 0 Å². The summed E-state index contributed by atoms with van der Waals surface area (Å²) in [6.07, 6.45) is 0. The molecule has 0 amide bonds. The van der Waals surface area contributed by atoms with Crippen LogP contribution < -0.4 is 4.74 Å². The average molecular weight is 226 g/mol. The fourth-order valence-electron chi connectivity index (χ4n) is 1.71. The molecule has 0 atom stereocenters. The summed E-state index contributed by atoms with van der Waals surface area (Å²) in [5, 5.41) is 5.30. The van der Waals surface area contributed by atoms with Crippen LogP contribution in [0, 0.1) is 0 Å². The topological polar surface area (TPSA) is 9.23 Å². The Labute approximate surface area is 97.9 Å². The molecule has 0 saturated carbocycles. The predicted molar refractivity (Wildman–Crippen MR) is 68.3 cm³/mol. The summed E-state index contributed by atoms with van der Waals surface area (Å²) in [5.74, 6) is 0.917. The maximum atomic E-state index is 5.85. The third-order valence-electron chi connectivity index (χ3n) is 2.46. The standard InChI is InChI=1S/C14H10OS/c1-2-7-12-11(5-1)6-3-8-13(12)15-14-9-4-10-16-14/h1-10H. The summed E-state index contributed by atoms with van der Waals surface area (Å²) >= 11 is 1.60. The zero-order valence-electron chi connectivity index (χ0n) is 8.59. The summed E-state index contributed by atoms with van der Waals surface area (Å²) in [6.45, 7) is 0. The second-order valence-electron chi connectivity index (χ2n) is 3.51. The Morgan fingerprint density at radius 3 is 2.56 bits per heavy atom. The summed E-state index contributed by atoms with van der Waals surface area (Å²) in [6, 6.07) is 18.3. The zero-order chi connectivity index (χ0) is 10.8. The van der Waals surface area contributed by atoms with Crippen molar-refractivity contribution < 1.29 is 4.74 Å². The molecule has 0 aliphatic carbocycles. The lowest BCUT2D eigenvalue weighted by atomic mass is 10.1. The maximum Gasteiger partial charge on any atom is 0.180 e. The van der Waals surface area contributed by atoms with E-state index in [0.717, 1.165) is 16.2 Å². The van der Waals surface area contributed by atoms with Crippen LogP contribution in [0.3, 0.4) is 0 Å². The molecule has 0 fully saturated rings. The highest BCUT2D eigenvalue weighted by Crippen LogP contribution is 2.31. The first-order chi connectivity index (χ1) is 7.93. The number of ether oxygens (including phenoxy) is 1. The van der Waals surface area contributed by atoms with Crippen molar-refractivity contribution in [2.24, 2.45) is 0 Å². The predicted octanol–water partition coefficient (Wildman–Crippen LogP) is 4.69. The molecule has 0 spiro atoms. The van der Waals surface area contributed by atoms with E-state index in [0.29, 0.717) is 0 Å². The first-order valence-electron chi connectivity index (χ1n) is 5.12. The number of thiophene rings is 1. The minimum Gasteiger partial charge on any atom is -0.446 e. The molecule has 2 heteroatoms. The van der Waals surface area contributed by atoms with Crippen molar-refractivity contribution in [1.82, 2.24) is 0 Å². The SMILES string of the molecule is c1csc(Oc2cccc3ccccc23)c1. The highest BCUT2D eigenvalue weighted by Gasteiger charge is 2.02. The van der Waals surface area contributed by atoms with Crippen molar-refractivity contribution in [3.63, 3.8) is 0 Å². The van der Waals surface area contributed by atoms with Crippen LogP contribution in [0.5, 0.6) is 10.8 Å². The van der Waals surface area contributed by atoms with Crippen molar-refractivity contribution in [2.45, 2.75) is 0 Å². The Bertz CT molecular complexity index is 594. The largest absolute Gasteiger partial charge is 0.446 e. The van der Waals surface area contributed by atoms with E-state index < -0.39 is 0 Å². The minimum atomic E-state index is 0.917. The van der Waals surface area contributed by atoms with Gasteiger partial charge in [0, 0.05) is 5.39 Å². The molecule has 1 heterocycles. The summed E-state index contributed by atoms with van der Waals surface area (Å²) < 4.78 is 5.85. The van der Waals surface area contributed by atoms with Gasteiger partial charge in [0.2, 0.25) is 0 Å². The van der Waals surface area contributed by atoms with Gasteiger partial charge in [-0.05, 0) is 29.0 Å². The number of fused-ring (bicyclic) bond motifs is 1.